The van der Waals surface area contributed by atoms with Gasteiger partial charge in [-0.3, -0.25) is 4.79 Å². The van der Waals surface area contributed by atoms with Gasteiger partial charge >= 0.3 is 11.9 Å². The Morgan fingerprint density at radius 3 is 2.56 bits per heavy atom. The van der Waals surface area contributed by atoms with Crippen LogP contribution in [0, 0.1) is 5.92 Å². The molecule has 1 aliphatic heterocycles. The first-order chi connectivity index (χ1) is 12.7. The van der Waals surface area contributed by atoms with Crippen LogP contribution in [0.5, 0.6) is 0 Å². The van der Waals surface area contributed by atoms with E-state index in [1.165, 1.54) is 6.92 Å². The van der Waals surface area contributed by atoms with Crippen molar-refractivity contribution in [2.75, 3.05) is 0 Å². The Balaban J connectivity index is 2.35. The lowest BCUT2D eigenvalue weighted by atomic mass is 9.86. The van der Waals surface area contributed by atoms with Crippen molar-refractivity contribution in [3.63, 3.8) is 0 Å². The number of ether oxygens (including phenoxy) is 2. The summed E-state index contributed by atoms with van der Waals surface area (Å²) in [7, 11) is 0. The second-order valence-corrected chi connectivity index (χ2v) is 7.66. The SMILES string of the molecule is C=C1C(=O)O[C@H]2C=C(C)CCC=C(C)C[C@H](OC(C)=O)C=C(C)C[C@H](O)[C@H]12. The highest BCUT2D eigenvalue weighted by Gasteiger charge is 2.41. The standard InChI is InChI=1S/C22H30O5/c1-13-7-6-8-14(2)12-20-21(16(4)22(25)27-20)19(24)11-15(3)10-18(9-13)26-17(5)23/h7,10,12,18-21,24H,4,6,8-9,11H2,1-3,5H3/t18-,19-,20-,21-/m0/s1. The van der Waals surface area contributed by atoms with Crippen LogP contribution in [0.4, 0.5) is 0 Å². The van der Waals surface area contributed by atoms with Crippen LogP contribution in [0.2, 0.25) is 0 Å². The summed E-state index contributed by atoms with van der Waals surface area (Å²) in [6, 6.07) is 0. The molecule has 1 heterocycles. The molecule has 0 bridgehead atoms. The average Bonchev–Trinajstić information content (AvgIpc) is 2.79. The maximum atomic E-state index is 12.0. The molecule has 2 aliphatic rings. The van der Waals surface area contributed by atoms with Crippen LogP contribution in [0.1, 0.15) is 53.4 Å². The second-order valence-electron chi connectivity index (χ2n) is 7.66. The van der Waals surface area contributed by atoms with Crippen molar-refractivity contribution in [1.29, 1.82) is 0 Å². The largest absolute Gasteiger partial charge is 0.458 e. The molecular formula is C22H30O5. The molecule has 0 amide bonds. The Morgan fingerprint density at radius 1 is 1.19 bits per heavy atom. The quantitative estimate of drug-likeness (QED) is 0.429. The predicted molar refractivity (Wildman–Crippen MR) is 104 cm³/mol. The van der Waals surface area contributed by atoms with Gasteiger partial charge in [-0.2, -0.15) is 0 Å². The molecule has 27 heavy (non-hydrogen) atoms. The van der Waals surface area contributed by atoms with Crippen molar-refractivity contribution in [1.82, 2.24) is 0 Å². The van der Waals surface area contributed by atoms with E-state index >= 15 is 0 Å². The molecule has 5 nitrogen and oxygen atoms in total. The van der Waals surface area contributed by atoms with Gasteiger partial charge in [-0.1, -0.05) is 29.4 Å². The van der Waals surface area contributed by atoms with Crippen molar-refractivity contribution in [2.24, 2.45) is 5.92 Å². The van der Waals surface area contributed by atoms with Crippen molar-refractivity contribution >= 4 is 11.9 Å². The normalized spacial score (nSPS) is 30.3. The van der Waals surface area contributed by atoms with E-state index in [9.17, 15) is 14.7 Å². The molecule has 0 aromatic rings. The smallest absolute Gasteiger partial charge is 0.334 e. The molecule has 0 radical (unpaired) electrons. The minimum atomic E-state index is -0.799. The first-order valence-corrected chi connectivity index (χ1v) is 9.42. The van der Waals surface area contributed by atoms with Crippen molar-refractivity contribution in [3.05, 3.63) is 47.1 Å². The average molecular weight is 374 g/mol. The van der Waals surface area contributed by atoms with Gasteiger partial charge in [0.2, 0.25) is 0 Å². The van der Waals surface area contributed by atoms with Crippen LogP contribution >= 0.6 is 0 Å². The number of aliphatic hydroxyl groups is 1. The van der Waals surface area contributed by atoms with E-state index in [0.717, 1.165) is 29.6 Å². The lowest BCUT2D eigenvalue weighted by Gasteiger charge is -2.23. The summed E-state index contributed by atoms with van der Waals surface area (Å²) in [5, 5.41) is 10.8. The molecule has 0 saturated carbocycles. The summed E-state index contributed by atoms with van der Waals surface area (Å²) in [5.41, 5.74) is 3.45. The maximum Gasteiger partial charge on any atom is 0.334 e. The van der Waals surface area contributed by atoms with Crippen LogP contribution in [-0.4, -0.2) is 35.4 Å². The number of hydrogen-bond acceptors (Lipinski definition) is 5. The Labute approximate surface area is 161 Å². The molecule has 2 rings (SSSR count). The number of carbonyl (C=O) groups excluding carboxylic acids is 2. The van der Waals surface area contributed by atoms with E-state index in [-0.39, 0.29) is 12.1 Å². The van der Waals surface area contributed by atoms with Crippen LogP contribution in [0.25, 0.3) is 0 Å². The van der Waals surface area contributed by atoms with Crippen LogP contribution < -0.4 is 0 Å². The molecule has 0 spiro atoms. The predicted octanol–water partition coefficient (Wildman–Crippen LogP) is 3.79. The monoisotopic (exact) mass is 374 g/mol. The Kier molecular flexibility index (Phi) is 7.19. The van der Waals surface area contributed by atoms with Gasteiger partial charge in [0, 0.05) is 18.9 Å². The first kappa shape index (κ1) is 21.2. The van der Waals surface area contributed by atoms with Gasteiger partial charge in [0.1, 0.15) is 12.2 Å². The molecule has 1 fully saturated rings. The van der Waals surface area contributed by atoms with Crippen LogP contribution in [0.3, 0.4) is 0 Å². The highest BCUT2D eigenvalue weighted by atomic mass is 16.6. The van der Waals surface area contributed by atoms with Gasteiger partial charge in [0.25, 0.3) is 0 Å². The van der Waals surface area contributed by atoms with Gasteiger partial charge < -0.3 is 14.6 Å². The zero-order valence-electron chi connectivity index (χ0n) is 16.7. The minimum Gasteiger partial charge on any atom is -0.458 e. The topological polar surface area (TPSA) is 72.8 Å². The Hall–Kier alpha value is -2.14. The third kappa shape index (κ3) is 5.93. The van der Waals surface area contributed by atoms with Crippen LogP contribution in [0.15, 0.2) is 47.1 Å². The van der Waals surface area contributed by atoms with Gasteiger partial charge in [-0.15, -0.1) is 0 Å². The van der Waals surface area contributed by atoms with E-state index in [1.807, 2.05) is 32.9 Å². The highest BCUT2D eigenvalue weighted by molar-refractivity contribution is 5.91. The highest BCUT2D eigenvalue weighted by Crippen LogP contribution is 2.34. The van der Waals surface area contributed by atoms with Gasteiger partial charge in [0.15, 0.2) is 0 Å². The molecule has 4 atom stereocenters. The number of hydrogen-bond donors (Lipinski definition) is 1. The summed E-state index contributed by atoms with van der Waals surface area (Å²) >= 11 is 0. The fourth-order valence-electron chi connectivity index (χ4n) is 3.70. The molecule has 5 heteroatoms. The summed E-state index contributed by atoms with van der Waals surface area (Å²) in [5.74, 6) is -1.25. The van der Waals surface area contributed by atoms with Crippen molar-refractivity contribution in [3.8, 4) is 0 Å². The lowest BCUT2D eigenvalue weighted by molar-refractivity contribution is -0.144. The summed E-state index contributed by atoms with van der Waals surface area (Å²) in [6.07, 6.45) is 6.94. The number of allylic oxidation sites excluding steroid dienone is 2. The maximum absolute atomic E-state index is 12.0. The second kappa shape index (κ2) is 9.18. The zero-order chi connectivity index (χ0) is 20.1. The van der Waals surface area contributed by atoms with E-state index in [4.69, 9.17) is 9.47 Å². The molecule has 0 aromatic carbocycles. The fraction of sp³-hybridized carbons (Fsp3) is 0.545. The number of rotatable bonds is 1. The fourth-order valence-corrected chi connectivity index (χ4v) is 3.70. The molecule has 0 aromatic heterocycles. The zero-order valence-corrected chi connectivity index (χ0v) is 16.7. The number of carbonyl (C=O) groups is 2. The van der Waals surface area contributed by atoms with Crippen molar-refractivity contribution < 1.29 is 24.2 Å². The third-order valence-corrected chi connectivity index (χ3v) is 5.00. The number of esters is 2. The van der Waals surface area contributed by atoms with Crippen molar-refractivity contribution in [2.45, 2.75) is 71.7 Å². The molecule has 1 N–H and O–H groups in total. The molecule has 0 unspecified atom stereocenters. The van der Waals surface area contributed by atoms with E-state index in [1.54, 1.807) is 0 Å². The van der Waals surface area contributed by atoms with Gasteiger partial charge in [-0.05, 0) is 52.2 Å². The number of fused-ring (bicyclic) bond motifs is 1. The van der Waals surface area contributed by atoms with E-state index < -0.39 is 24.1 Å². The van der Waals surface area contributed by atoms with E-state index in [2.05, 4.69) is 12.7 Å². The Morgan fingerprint density at radius 2 is 1.89 bits per heavy atom. The number of aliphatic hydroxyl groups excluding tert-OH is 1. The van der Waals surface area contributed by atoms with Crippen LogP contribution in [-0.2, 0) is 19.1 Å². The van der Waals surface area contributed by atoms with Gasteiger partial charge in [0.05, 0.1) is 12.0 Å². The lowest BCUT2D eigenvalue weighted by Crippen LogP contribution is -2.29. The molecular weight excluding hydrogens is 344 g/mol. The molecule has 1 aliphatic carbocycles. The first-order valence-electron chi connectivity index (χ1n) is 9.42. The third-order valence-electron chi connectivity index (χ3n) is 5.00. The summed E-state index contributed by atoms with van der Waals surface area (Å²) in [6.45, 7) is 11.1. The molecule has 1 saturated heterocycles. The molecule has 148 valence electrons. The van der Waals surface area contributed by atoms with Gasteiger partial charge in [-0.25, -0.2) is 4.79 Å². The summed E-state index contributed by atoms with van der Waals surface area (Å²) < 4.78 is 10.9. The van der Waals surface area contributed by atoms with E-state index in [0.29, 0.717) is 18.4 Å². The minimum absolute atomic E-state index is 0.309. The summed E-state index contributed by atoms with van der Waals surface area (Å²) in [4.78, 5) is 23.4. The Bertz CT molecular complexity index is 697.